The van der Waals surface area contributed by atoms with E-state index in [0.717, 1.165) is 8.27 Å². The Kier molecular flexibility index (Phi) is 15.7. The summed E-state index contributed by atoms with van der Waals surface area (Å²) in [5.74, 6) is 0. The van der Waals surface area contributed by atoms with Gasteiger partial charge in [-0.1, -0.05) is 58.8 Å². The zero-order chi connectivity index (χ0) is 11.2. The van der Waals surface area contributed by atoms with Crippen molar-refractivity contribution in [2.24, 2.45) is 0 Å². The van der Waals surface area contributed by atoms with Gasteiger partial charge in [-0.05, 0) is 19.0 Å². The van der Waals surface area contributed by atoms with E-state index in [1.54, 1.807) is 6.16 Å². The molecule has 0 bridgehead atoms. The highest BCUT2D eigenvalue weighted by atomic mass is 32.0. The fourth-order valence-electron chi connectivity index (χ4n) is 1.71. The van der Waals surface area contributed by atoms with Crippen LogP contribution in [0.15, 0.2) is 0 Å². The van der Waals surface area contributed by atoms with Crippen LogP contribution in [0, 0.1) is 0 Å². The maximum atomic E-state index is 2.31. The van der Waals surface area contributed by atoms with E-state index in [1.807, 2.05) is 0 Å². The van der Waals surface area contributed by atoms with Gasteiger partial charge in [-0.25, -0.2) is 0 Å². The number of unbranched alkanes of at least 4 members (excludes halogenated alkanes) is 7. The molecule has 0 radical (unpaired) electrons. The van der Waals surface area contributed by atoms with Crippen LogP contribution in [0.25, 0.3) is 0 Å². The fraction of sp³-hybridized carbons (Fsp3) is 1.00. The summed E-state index contributed by atoms with van der Waals surface area (Å²) < 4.78 is 0. The molecule has 2 heteroatoms. The van der Waals surface area contributed by atoms with Gasteiger partial charge >= 0.3 is 0 Å². The van der Waals surface area contributed by atoms with E-state index < -0.39 is 0 Å². The third-order valence-corrected chi connectivity index (χ3v) is 7.15. The Morgan fingerprint density at radius 2 is 1.33 bits per heavy atom. The molecule has 0 nitrogen and oxygen atoms in total. The molecule has 0 aromatic carbocycles. The smallest absolute Gasteiger partial charge is 0.0566 e. The first kappa shape index (κ1) is 15.9. The number of hydrogen-bond donors (Lipinski definition) is 0. The molecule has 0 saturated carbocycles. The number of hydrogen-bond acceptors (Lipinski definition) is 0. The monoisotopic (exact) mass is 249 g/mol. The first-order valence-corrected chi connectivity index (χ1v) is 10.8. The Morgan fingerprint density at radius 3 is 1.93 bits per heavy atom. The molecular weight excluding hydrogens is 218 g/mol. The first-order valence-electron chi connectivity index (χ1n) is 6.96. The molecule has 0 rings (SSSR count). The lowest BCUT2D eigenvalue weighted by molar-refractivity contribution is 0.586. The summed E-state index contributed by atoms with van der Waals surface area (Å²) in [6.07, 6.45) is 16.3. The zero-order valence-electron chi connectivity index (χ0n) is 10.9. The normalized spacial score (nSPS) is 12.4. The standard InChI is InChI=1S/C13H30P2/c1-3-5-6-7-8-9-10-11-13-15-14-12-4-2/h14-15H,3-13H2,1-2H3/p+1. The molecule has 0 aliphatic rings. The Bertz CT molecular complexity index is 92.7. The maximum absolute atomic E-state index is 2.31. The van der Waals surface area contributed by atoms with Crippen LogP contribution in [0.1, 0.15) is 71.6 Å². The summed E-state index contributed by atoms with van der Waals surface area (Å²) in [5, 5.41) is 0. The van der Waals surface area contributed by atoms with Gasteiger partial charge in [0.1, 0.15) is 0 Å². The van der Waals surface area contributed by atoms with Crippen molar-refractivity contribution in [3.05, 3.63) is 0 Å². The summed E-state index contributed by atoms with van der Waals surface area (Å²) in [6, 6.07) is 0. The Morgan fingerprint density at radius 1 is 0.733 bits per heavy atom. The lowest BCUT2D eigenvalue weighted by Crippen LogP contribution is -1.81. The predicted molar refractivity (Wildman–Crippen MR) is 80.7 cm³/mol. The van der Waals surface area contributed by atoms with Crippen molar-refractivity contribution >= 4 is 16.5 Å². The summed E-state index contributed by atoms with van der Waals surface area (Å²) in [4.78, 5) is 0. The lowest BCUT2D eigenvalue weighted by atomic mass is 10.1. The van der Waals surface area contributed by atoms with Crippen molar-refractivity contribution < 1.29 is 0 Å². The highest BCUT2D eigenvalue weighted by molar-refractivity contribution is 8.11. The van der Waals surface area contributed by atoms with Crippen molar-refractivity contribution in [1.82, 2.24) is 0 Å². The van der Waals surface area contributed by atoms with Gasteiger partial charge in [0.2, 0.25) is 0 Å². The van der Waals surface area contributed by atoms with Crippen LogP contribution in [-0.2, 0) is 0 Å². The van der Waals surface area contributed by atoms with Crippen LogP contribution in [0.2, 0.25) is 0 Å². The van der Waals surface area contributed by atoms with Gasteiger partial charge in [-0.3, -0.25) is 0 Å². The topological polar surface area (TPSA) is 0 Å². The zero-order valence-corrected chi connectivity index (χ0v) is 13.0. The minimum Gasteiger partial charge on any atom is -0.0654 e. The van der Waals surface area contributed by atoms with Crippen molar-refractivity contribution in [2.45, 2.75) is 71.6 Å². The second kappa shape index (κ2) is 14.9. The molecule has 0 aromatic heterocycles. The highest BCUT2D eigenvalue weighted by Crippen LogP contribution is 2.37. The summed E-state index contributed by atoms with van der Waals surface area (Å²) in [5.41, 5.74) is 0. The number of rotatable bonds is 12. The highest BCUT2D eigenvalue weighted by Gasteiger charge is 1.95. The van der Waals surface area contributed by atoms with E-state index in [0.29, 0.717) is 0 Å². The second-order valence-electron chi connectivity index (χ2n) is 4.42. The van der Waals surface area contributed by atoms with E-state index in [1.165, 1.54) is 72.2 Å². The molecule has 0 N–H and O–H groups in total. The minimum atomic E-state index is 0.830. The Hall–Kier alpha value is 0.860. The van der Waals surface area contributed by atoms with Gasteiger partial charge in [0, 0.05) is 16.5 Å². The van der Waals surface area contributed by atoms with Gasteiger partial charge in [-0.2, -0.15) is 0 Å². The average molecular weight is 249 g/mol. The van der Waals surface area contributed by atoms with E-state index in [2.05, 4.69) is 13.8 Å². The molecule has 0 saturated heterocycles. The van der Waals surface area contributed by atoms with Crippen molar-refractivity contribution in [3.63, 3.8) is 0 Å². The van der Waals surface area contributed by atoms with Crippen LogP contribution >= 0.6 is 16.5 Å². The molecular formula is C13H31P2+. The molecule has 0 aliphatic heterocycles. The molecule has 0 aliphatic carbocycles. The molecule has 0 heterocycles. The lowest BCUT2D eigenvalue weighted by Gasteiger charge is -2.00. The molecule has 0 fully saturated rings. The first-order chi connectivity index (χ1) is 7.41. The van der Waals surface area contributed by atoms with Gasteiger partial charge in [0.15, 0.2) is 0 Å². The average Bonchev–Trinajstić information content (AvgIpc) is 2.26. The second-order valence-corrected chi connectivity index (χ2v) is 8.77. The van der Waals surface area contributed by atoms with E-state index in [-0.39, 0.29) is 0 Å². The van der Waals surface area contributed by atoms with Crippen molar-refractivity contribution in [1.29, 1.82) is 0 Å². The summed E-state index contributed by atoms with van der Waals surface area (Å²) in [7, 11) is 2.16. The maximum Gasteiger partial charge on any atom is 0.0566 e. The Labute approximate surface area is 101 Å². The minimum absolute atomic E-state index is 0.830. The molecule has 0 aromatic rings. The SMILES string of the molecule is CCCCCCCCCCP[PH2+]CCC. The molecule has 0 spiro atoms. The van der Waals surface area contributed by atoms with Crippen LogP contribution < -0.4 is 0 Å². The van der Waals surface area contributed by atoms with Crippen molar-refractivity contribution in [3.8, 4) is 0 Å². The molecule has 15 heavy (non-hydrogen) atoms. The molecule has 0 amide bonds. The molecule has 92 valence electrons. The summed E-state index contributed by atoms with van der Waals surface area (Å²) >= 11 is 0. The van der Waals surface area contributed by atoms with Gasteiger partial charge in [-0.15, -0.1) is 0 Å². The third-order valence-electron chi connectivity index (χ3n) is 2.75. The van der Waals surface area contributed by atoms with E-state index >= 15 is 0 Å². The van der Waals surface area contributed by atoms with Crippen LogP contribution in [0.3, 0.4) is 0 Å². The van der Waals surface area contributed by atoms with Crippen LogP contribution in [-0.4, -0.2) is 12.3 Å². The molecule has 2 atom stereocenters. The van der Waals surface area contributed by atoms with Crippen molar-refractivity contribution in [2.75, 3.05) is 12.3 Å². The molecule has 2 unspecified atom stereocenters. The fourth-order valence-corrected chi connectivity index (χ4v) is 5.56. The van der Waals surface area contributed by atoms with Gasteiger partial charge < -0.3 is 0 Å². The van der Waals surface area contributed by atoms with Gasteiger partial charge in [0.05, 0.1) is 6.16 Å². The summed E-state index contributed by atoms with van der Waals surface area (Å²) in [6.45, 7) is 4.60. The third kappa shape index (κ3) is 14.9. The van der Waals surface area contributed by atoms with Crippen LogP contribution in [0.4, 0.5) is 0 Å². The van der Waals surface area contributed by atoms with Gasteiger partial charge in [0.25, 0.3) is 0 Å². The van der Waals surface area contributed by atoms with Crippen LogP contribution in [0.5, 0.6) is 0 Å². The van der Waals surface area contributed by atoms with E-state index in [9.17, 15) is 0 Å². The van der Waals surface area contributed by atoms with E-state index in [4.69, 9.17) is 0 Å². The quantitative estimate of drug-likeness (QED) is 0.314. The largest absolute Gasteiger partial charge is 0.0654 e. The predicted octanol–water partition coefficient (Wildman–Crippen LogP) is 5.54. The Balaban J connectivity index is 2.81.